The van der Waals surface area contributed by atoms with Crippen molar-refractivity contribution < 1.29 is 9.53 Å². The first kappa shape index (κ1) is 16.7. The van der Waals surface area contributed by atoms with E-state index in [9.17, 15) is 4.79 Å². The largest absolute Gasteiger partial charge is 0.462 e. The highest BCUT2D eigenvalue weighted by atomic mass is 32.1. The Bertz CT molecular complexity index is 1020. The van der Waals surface area contributed by atoms with Crippen molar-refractivity contribution >= 4 is 33.2 Å². The number of fused-ring (bicyclic) bond motifs is 1. The number of hydrogen-bond acceptors (Lipinski definition) is 4. The highest BCUT2D eigenvalue weighted by Crippen LogP contribution is 2.27. The topological polar surface area (TPSA) is 76.2 Å². The van der Waals surface area contributed by atoms with Crippen LogP contribution in [0.5, 0.6) is 0 Å². The van der Waals surface area contributed by atoms with Gasteiger partial charge in [0.2, 0.25) is 0 Å². The second-order valence-corrected chi connectivity index (χ2v) is 6.38. The summed E-state index contributed by atoms with van der Waals surface area (Å²) < 4.78 is 6.05. The molecule has 0 aliphatic carbocycles. The highest BCUT2D eigenvalue weighted by molar-refractivity contribution is 7.20. The van der Waals surface area contributed by atoms with Crippen LogP contribution in [-0.2, 0) is 4.74 Å². The van der Waals surface area contributed by atoms with Gasteiger partial charge in [0, 0.05) is 21.2 Å². The fourth-order valence-corrected chi connectivity index (χ4v) is 3.33. The average molecular weight is 348 g/mol. The number of benzene rings is 2. The van der Waals surface area contributed by atoms with Crippen LogP contribution in [0, 0.1) is 17.3 Å². The van der Waals surface area contributed by atoms with Gasteiger partial charge in [0.15, 0.2) is 0 Å². The standard InChI is InChI=1S/C20H16N2O2S/c1-2-24-20(23)15-7-3-5-13(11-15)9-10-14-6-4-8-17-16(14)12-18(25-17)19(21)22/h3-8,11-12H,2H2,1H3,(H3,21,22). The summed E-state index contributed by atoms with van der Waals surface area (Å²) >= 11 is 1.47. The molecule has 1 heterocycles. The maximum atomic E-state index is 11.8. The summed E-state index contributed by atoms with van der Waals surface area (Å²) in [5.41, 5.74) is 7.67. The average Bonchev–Trinajstić information content (AvgIpc) is 3.05. The smallest absolute Gasteiger partial charge is 0.338 e. The molecule has 0 saturated carbocycles. The van der Waals surface area contributed by atoms with Crippen LogP contribution in [-0.4, -0.2) is 18.4 Å². The molecule has 4 nitrogen and oxygen atoms in total. The van der Waals surface area contributed by atoms with Crippen LogP contribution >= 0.6 is 11.3 Å². The number of thiophene rings is 1. The monoisotopic (exact) mass is 348 g/mol. The minimum Gasteiger partial charge on any atom is -0.462 e. The maximum Gasteiger partial charge on any atom is 0.338 e. The van der Waals surface area contributed by atoms with E-state index in [0.29, 0.717) is 12.2 Å². The van der Waals surface area contributed by atoms with E-state index < -0.39 is 0 Å². The number of rotatable bonds is 3. The van der Waals surface area contributed by atoms with Crippen LogP contribution < -0.4 is 5.73 Å². The van der Waals surface area contributed by atoms with Gasteiger partial charge in [-0.3, -0.25) is 5.41 Å². The van der Waals surface area contributed by atoms with E-state index in [1.165, 1.54) is 11.3 Å². The molecule has 0 amide bonds. The maximum absolute atomic E-state index is 11.8. The lowest BCUT2D eigenvalue weighted by Gasteiger charge is -2.01. The van der Waals surface area contributed by atoms with E-state index in [-0.39, 0.29) is 11.8 Å². The molecule has 0 saturated heterocycles. The lowest BCUT2D eigenvalue weighted by Crippen LogP contribution is -2.08. The molecular formula is C20H16N2O2S. The summed E-state index contributed by atoms with van der Waals surface area (Å²) in [4.78, 5) is 12.5. The number of amidine groups is 1. The molecule has 5 heteroatoms. The third-order valence-corrected chi connectivity index (χ3v) is 4.68. The van der Waals surface area contributed by atoms with Gasteiger partial charge in [-0.2, -0.15) is 0 Å². The van der Waals surface area contributed by atoms with E-state index in [4.69, 9.17) is 15.9 Å². The van der Waals surface area contributed by atoms with Crippen LogP contribution in [0.4, 0.5) is 0 Å². The second kappa shape index (κ2) is 7.20. The summed E-state index contributed by atoms with van der Waals surface area (Å²) in [6, 6.07) is 14.8. The van der Waals surface area contributed by atoms with Crippen molar-refractivity contribution in [2.45, 2.75) is 6.92 Å². The first-order valence-corrected chi connectivity index (χ1v) is 8.56. The Morgan fingerprint density at radius 2 is 2.00 bits per heavy atom. The van der Waals surface area contributed by atoms with Crippen molar-refractivity contribution in [3.8, 4) is 11.8 Å². The zero-order valence-corrected chi connectivity index (χ0v) is 14.4. The summed E-state index contributed by atoms with van der Waals surface area (Å²) in [5, 5.41) is 8.56. The fourth-order valence-electron chi connectivity index (χ4n) is 2.38. The van der Waals surface area contributed by atoms with Crippen LogP contribution in [0.25, 0.3) is 10.1 Å². The van der Waals surface area contributed by atoms with Gasteiger partial charge in [0.25, 0.3) is 0 Å². The zero-order valence-electron chi connectivity index (χ0n) is 13.6. The van der Waals surface area contributed by atoms with Gasteiger partial charge in [-0.15, -0.1) is 11.3 Å². The number of carbonyl (C=O) groups is 1. The molecular weight excluding hydrogens is 332 g/mol. The van der Waals surface area contributed by atoms with Crippen molar-refractivity contribution in [1.29, 1.82) is 5.41 Å². The number of ether oxygens (including phenoxy) is 1. The molecule has 0 unspecified atom stereocenters. The molecule has 1 aromatic heterocycles. The van der Waals surface area contributed by atoms with Crippen LogP contribution in [0.15, 0.2) is 48.5 Å². The number of nitrogens with two attached hydrogens (primary N) is 1. The lowest BCUT2D eigenvalue weighted by atomic mass is 10.1. The summed E-state index contributed by atoms with van der Waals surface area (Å²) in [7, 11) is 0. The second-order valence-electron chi connectivity index (χ2n) is 5.29. The third-order valence-electron chi connectivity index (χ3n) is 3.54. The van der Waals surface area contributed by atoms with Crippen molar-refractivity contribution in [2.24, 2.45) is 5.73 Å². The minimum atomic E-state index is -0.350. The van der Waals surface area contributed by atoms with E-state index in [1.54, 1.807) is 25.1 Å². The van der Waals surface area contributed by atoms with Crippen molar-refractivity contribution in [2.75, 3.05) is 6.61 Å². The number of esters is 1. The van der Waals surface area contributed by atoms with Gasteiger partial charge in [0.05, 0.1) is 17.0 Å². The van der Waals surface area contributed by atoms with Gasteiger partial charge >= 0.3 is 5.97 Å². The Kier molecular flexibility index (Phi) is 4.82. The van der Waals surface area contributed by atoms with E-state index in [2.05, 4.69) is 11.8 Å². The van der Waals surface area contributed by atoms with Crippen LogP contribution in [0.3, 0.4) is 0 Å². The number of nitrogen functional groups attached to an aromatic ring is 1. The minimum absolute atomic E-state index is 0.0576. The SMILES string of the molecule is CCOC(=O)c1cccc(C#Cc2cccc3sc(C(=N)N)cc23)c1. The van der Waals surface area contributed by atoms with E-state index >= 15 is 0 Å². The molecule has 0 bridgehead atoms. The molecule has 124 valence electrons. The fraction of sp³-hybridized carbons (Fsp3) is 0.100. The Morgan fingerprint density at radius 3 is 2.76 bits per heavy atom. The first-order valence-electron chi connectivity index (χ1n) is 7.74. The molecule has 25 heavy (non-hydrogen) atoms. The quantitative estimate of drug-likeness (QED) is 0.327. The Balaban J connectivity index is 1.96. The predicted octanol–water partition coefficient (Wildman–Crippen LogP) is 3.76. The normalized spacial score (nSPS) is 10.1. The molecule has 0 atom stereocenters. The summed E-state index contributed by atoms with van der Waals surface area (Å²) in [6.07, 6.45) is 0. The Labute approximate surface area is 149 Å². The predicted molar refractivity (Wildman–Crippen MR) is 101 cm³/mol. The number of nitrogens with one attached hydrogen (secondary N) is 1. The number of hydrogen-bond donors (Lipinski definition) is 2. The lowest BCUT2D eigenvalue weighted by molar-refractivity contribution is 0.0526. The van der Waals surface area contributed by atoms with E-state index in [1.807, 2.05) is 30.3 Å². The Morgan fingerprint density at radius 1 is 1.20 bits per heavy atom. The zero-order chi connectivity index (χ0) is 17.8. The summed E-state index contributed by atoms with van der Waals surface area (Å²) in [6.45, 7) is 2.12. The molecule has 3 rings (SSSR count). The van der Waals surface area contributed by atoms with Crippen molar-refractivity contribution in [3.63, 3.8) is 0 Å². The van der Waals surface area contributed by atoms with Crippen LogP contribution in [0.1, 0.15) is 33.3 Å². The molecule has 0 fully saturated rings. The van der Waals surface area contributed by atoms with Gasteiger partial charge in [-0.05, 0) is 43.3 Å². The van der Waals surface area contributed by atoms with Crippen molar-refractivity contribution in [3.05, 3.63) is 70.1 Å². The molecule has 3 N–H and O–H groups in total. The van der Waals surface area contributed by atoms with Crippen molar-refractivity contribution in [1.82, 2.24) is 0 Å². The van der Waals surface area contributed by atoms with Gasteiger partial charge < -0.3 is 10.5 Å². The third kappa shape index (κ3) is 3.70. The number of carbonyl (C=O) groups excluding carboxylic acids is 1. The van der Waals surface area contributed by atoms with E-state index in [0.717, 1.165) is 26.1 Å². The Hall–Kier alpha value is -3.10. The molecule has 0 radical (unpaired) electrons. The first-order chi connectivity index (χ1) is 12.1. The molecule has 2 aromatic carbocycles. The molecule has 0 aliphatic heterocycles. The summed E-state index contributed by atoms with van der Waals surface area (Å²) in [5.74, 6) is 5.95. The molecule has 0 spiro atoms. The van der Waals surface area contributed by atoms with Gasteiger partial charge in [-0.1, -0.05) is 24.0 Å². The van der Waals surface area contributed by atoms with Crippen LogP contribution in [0.2, 0.25) is 0 Å². The van der Waals surface area contributed by atoms with Gasteiger partial charge in [0.1, 0.15) is 5.84 Å². The van der Waals surface area contributed by atoms with Gasteiger partial charge in [-0.25, -0.2) is 4.79 Å². The molecule has 3 aromatic rings. The molecule has 0 aliphatic rings. The highest BCUT2D eigenvalue weighted by Gasteiger charge is 2.07.